The molecule has 0 radical (unpaired) electrons. The Morgan fingerprint density at radius 1 is 0.971 bits per heavy atom. The molecule has 1 aliphatic rings. The van der Waals surface area contributed by atoms with Crippen molar-refractivity contribution < 1.29 is 14.3 Å². The number of anilines is 1. The van der Waals surface area contributed by atoms with Crippen LogP contribution in [0.3, 0.4) is 0 Å². The van der Waals surface area contributed by atoms with Crippen molar-refractivity contribution in [3.63, 3.8) is 0 Å². The molecule has 35 heavy (non-hydrogen) atoms. The third kappa shape index (κ3) is 4.44. The van der Waals surface area contributed by atoms with Crippen LogP contribution in [0.25, 0.3) is 11.8 Å². The third-order valence-corrected chi connectivity index (χ3v) is 6.76. The fourth-order valence-corrected chi connectivity index (χ4v) is 4.67. The van der Waals surface area contributed by atoms with Crippen LogP contribution in [0.1, 0.15) is 41.9 Å². The van der Waals surface area contributed by atoms with Crippen molar-refractivity contribution in [2.24, 2.45) is 0 Å². The minimum Gasteiger partial charge on any atom is -0.462 e. The van der Waals surface area contributed by atoms with Gasteiger partial charge in [0, 0.05) is 33.5 Å². The highest BCUT2D eigenvalue weighted by Crippen LogP contribution is 2.36. The van der Waals surface area contributed by atoms with Crippen LogP contribution in [0.4, 0.5) is 5.69 Å². The van der Waals surface area contributed by atoms with Gasteiger partial charge in [-0.3, -0.25) is 9.69 Å². The Bertz CT molecular complexity index is 1390. The van der Waals surface area contributed by atoms with Gasteiger partial charge in [-0.05, 0) is 89.1 Å². The number of hydrogen-bond acceptors (Lipinski definition) is 3. The molecule has 0 fully saturated rings. The molecule has 1 amide bonds. The molecule has 0 atom stereocenters. The average Bonchev–Trinajstić information content (AvgIpc) is 3.22. The van der Waals surface area contributed by atoms with Crippen LogP contribution in [0.15, 0.2) is 65.4 Å². The van der Waals surface area contributed by atoms with E-state index >= 15 is 0 Å². The van der Waals surface area contributed by atoms with Gasteiger partial charge in [0.15, 0.2) is 0 Å². The number of allylic oxidation sites excluding steroid dienone is 1. The van der Waals surface area contributed by atoms with Crippen LogP contribution in [0.5, 0.6) is 0 Å². The Morgan fingerprint density at radius 3 is 2.26 bits per heavy atom. The standard InChI is InChI=1S/C29H29ClN2O3/c1-7-35-29(34)27-21(6)32(23-11-8-17(2)9-12-23)28(33)25(27)15-22-14-19(4)31(20(22)5)24-13-10-18(3)26(30)16-24/h8-16H,7H2,1-6H3/b25-15-. The van der Waals surface area contributed by atoms with E-state index in [1.165, 1.54) is 0 Å². The van der Waals surface area contributed by atoms with Gasteiger partial charge in [-0.2, -0.15) is 0 Å². The largest absolute Gasteiger partial charge is 0.462 e. The Morgan fingerprint density at radius 2 is 1.63 bits per heavy atom. The zero-order valence-electron chi connectivity index (χ0n) is 20.9. The lowest BCUT2D eigenvalue weighted by Crippen LogP contribution is -2.24. The van der Waals surface area contributed by atoms with E-state index in [9.17, 15) is 9.59 Å². The highest BCUT2D eigenvalue weighted by molar-refractivity contribution is 6.31. The van der Waals surface area contributed by atoms with Crippen molar-refractivity contribution in [2.45, 2.75) is 41.5 Å². The quantitative estimate of drug-likeness (QED) is 0.299. The summed E-state index contributed by atoms with van der Waals surface area (Å²) >= 11 is 6.38. The van der Waals surface area contributed by atoms with Crippen molar-refractivity contribution in [2.75, 3.05) is 11.5 Å². The van der Waals surface area contributed by atoms with E-state index in [0.29, 0.717) is 27.6 Å². The molecule has 2 heterocycles. The summed E-state index contributed by atoms with van der Waals surface area (Å²) in [6, 6.07) is 15.6. The molecule has 3 aromatic rings. The summed E-state index contributed by atoms with van der Waals surface area (Å²) in [5, 5.41) is 0.692. The van der Waals surface area contributed by atoms with E-state index in [1.807, 2.05) is 76.2 Å². The Balaban J connectivity index is 1.84. The van der Waals surface area contributed by atoms with E-state index in [0.717, 1.165) is 33.8 Å². The fraction of sp³-hybridized carbons (Fsp3) is 0.241. The van der Waals surface area contributed by atoms with Crippen molar-refractivity contribution in [3.8, 4) is 5.69 Å². The molecule has 0 aliphatic carbocycles. The van der Waals surface area contributed by atoms with Gasteiger partial charge in [0.1, 0.15) is 0 Å². The summed E-state index contributed by atoms with van der Waals surface area (Å²) in [6.45, 7) is 11.7. The second-order valence-corrected chi connectivity index (χ2v) is 9.22. The predicted octanol–water partition coefficient (Wildman–Crippen LogP) is 6.63. The van der Waals surface area contributed by atoms with E-state index in [4.69, 9.17) is 16.3 Å². The van der Waals surface area contributed by atoms with Gasteiger partial charge < -0.3 is 9.30 Å². The van der Waals surface area contributed by atoms with Crippen molar-refractivity contribution in [1.29, 1.82) is 0 Å². The van der Waals surface area contributed by atoms with Crippen LogP contribution >= 0.6 is 11.6 Å². The number of esters is 1. The van der Waals surface area contributed by atoms with Crippen LogP contribution in [0.2, 0.25) is 5.02 Å². The summed E-state index contributed by atoms with van der Waals surface area (Å²) in [4.78, 5) is 28.2. The van der Waals surface area contributed by atoms with Gasteiger partial charge in [-0.15, -0.1) is 0 Å². The molecule has 0 saturated heterocycles. The predicted molar refractivity (Wildman–Crippen MR) is 141 cm³/mol. The van der Waals surface area contributed by atoms with Crippen LogP contribution in [0, 0.1) is 27.7 Å². The number of nitrogens with zero attached hydrogens (tertiary/aromatic N) is 2. The maximum Gasteiger partial charge on any atom is 0.340 e. The molecular formula is C29H29ClN2O3. The molecule has 0 saturated carbocycles. The highest BCUT2D eigenvalue weighted by Gasteiger charge is 2.38. The van der Waals surface area contributed by atoms with E-state index < -0.39 is 5.97 Å². The number of carbonyl (C=O) groups excluding carboxylic acids is 2. The minimum atomic E-state index is -0.502. The first-order chi connectivity index (χ1) is 16.6. The zero-order valence-corrected chi connectivity index (χ0v) is 21.7. The van der Waals surface area contributed by atoms with E-state index in [2.05, 4.69) is 4.57 Å². The normalized spacial score (nSPS) is 14.9. The number of halogens is 1. The third-order valence-electron chi connectivity index (χ3n) is 6.36. The lowest BCUT2D eigenvalue weighted by atomic mass is 10.0. The summed E-state index contributed by atoms with van der Waals surface area (Å²) in [7, 11) is 0. The number of rotatable bonds is 5. The molecule has 1 aliphatic heterocycles. The Kier molecular flexibility index (Phi) is 6.73. The van der Waals surface area contributed by atoms with Gasteiger partial charge in [-0.1, -0.05) is 35.4 Å². The molecule has 180 valence electrons. The minimum absolute atomic E-state index is 0.226. The number of benzene rings is 2. The van der Waals surface area contributed by atoms with Gasteiger partial charge in [0.25, 0.3) is 5.91 Å². The summed E-state index contributed by atoms with van der Waals surface area (Å²) in [5.74, 6) is -0.754. The number of hydrogen-bond donors (Lipinski definition) is 0. The Hall–Kier alpha value is -3.57. The topological polar surface area (TPSA) is 51.5 Å². The Labute approximate surface area is 211 Å². The molecule has 0 N–H and O–H groups in total. The SMILES string of the molecule is CCOC(=O)C1=C(C)N(c2ccc(C)cc2)C(=O)/C1=C\c1cc(C)n(-c2ccc(C)c(Cl)c2)c1C. The number of carbonyl (C=O) groups is 2. The summed E-state index contributed by atoms with van der Waals surface area (Å²) in [6.07, 6.45) is 1.79. The maximum atomic E-state index is 13.7. The van der Waals surface area contributed by atoms with E-state index in [1.54, 1.807) is 24.8 Å². The van der Waals surface area contributed by atoms with Crippen LogP contribution in [-0.4, -0.2) is 23.1 Å². The lowest BCUT2D eigenvalue weighted by Gasteiger charge is -2.18. The zero-order chi connectivity index (χ0) is 25.4. The first-order valence-corrected chi connectivity index (χ1v) is 12.0. The smallest absolute Gasteiger partial charge is 0.340 e. The molecule has 0 spiro atoms. The molecule has 4 rings (SSSR count). The molecular weight excluding hydrogens is 460 g/mol. The monoisotopic (exact) mass is 488 g/mol. The number of aromatic nitrogens is 1. The molecule has 5 nitrogen and oxygen atoms in total. The van der Waals surface area contributed by atoms with Crippen molar-refractivity contribution >= 4 is 35.2 Å². The second-order valence-electron chi connectivity index (χ2n) is 8.81. The molecule has 1 aromatic heterocycles. The van der Waals surface area contributed by atoms with Crippen LogP contribution < -0.4 is 4.90 Å². The van der Waals surface area contributed by atoms with Crippen LogP contribution in [-0.2, 0) is 14.3 Å². The van der Waals surface area contributed by atoms with Crippen molar-refractivity contribution in [1.82, 2.24) is 4.57 Å². The average molecular weight is 489 g/mol. The summed E-state index contributed by atoms with van der Waals surface area (Å²) in [5.41, 5.74) is 7.71. The number of ether oxygens (including phenoxy) is 1. The van der Waals surface area contributed by atoms with Gasteiger partial charge in [-0.25, -0.2) is 4.79 Å². The molecule has 2 aromatic carbocycles. The molecule has 0 bridgehead atoms. The maximum absolute atomic E-state index is 13.7. The fourth-order valence-electron chi connectivity index (χ4n) is 4.49. The first-order valence-electron chi connectivity index (χ1n) is 11.6. The second kappa shape index (κ2) is 9.59. The van der Waals surface area contributed by atoms with Gasteiger partial charge in [0.2, 0.25) is 0 Å². The number of aryl methyl sites for hydroxylation is 3. The highest BCUT2D eigenvalue weighted by atomic mass is 35.5. The lowest BCUT2D eigenvalue weighted by molar-refractivity contribution is -0.138. The van der Waals surface area contributed by atoms with E-state index in [-0.39, 0.29) is 12.5 Å². The number of amides is 1. The molecule has 6 heteroatoms. The molecule has 0 unspecified atom stereocenters. The van der Waals surface area contributed by atoms with Crippen molar-refractivity contribution in [3.05, 3.63) is 98.5 Å². The van der Waals surface area contributed by atoms with Gasteiger partial charge in [0.05, 0.1) is 17.8 Å². The summed E-state index contributed by atoms with van der Waals surface area (Å²) < 4.78 is 7.43. The van der Waals surface area contributed by atoms with Gasteiger partial charge >= 0.3 is 5.97 Å². The first kappa shape index (κ1) is 24.6.